The van der Waals surface area contributed by atoms with Crippen molar-refractivity contribution in [2.24, 2.45) is 5.41 Å². The zero-order valence-corrected chi connectivity index (χ0v) is 11.9. The summed E-state index contributed by atoms with van der Waals surface area (Å²) in [6, 6.07) is 5.99. The first-order valence-corrected chi connectivity index (χ1v) is 7.46. The number of methoxy groups -OCH3 is 1. The van der Waals surface area contributed by atoms with Crippen molar-refractivity contribution in [2.45, 2.75) is 38.5 Å². The zero-order chi connectivity index (χ0) is 13.7. The molecule has 2 aliphatic rings. The van der Waals surface area contributed by atoms with E-state index in [9.17, 15) is 0 Å². The number of nitrogens with two attached hydrogens (primary N) is 1. The second kappa shape index (κ2) is 4.11. The Kier molecular flexibility index (Phi) is 2.47. The summed E-state index contributed by atoms with van der Waals surface area (Å²) < 4.78 is 5.31. The number of nitrogens with zero attached hydrogens (tertiary/aromatic N) is 1. The molecule has 0 unspecified atom stereocenters. The summed E-state index contributed by atoms with van der Waals surface area (Å²) in [5, 5.41) is 1.04. The van der Waals surface area contributed by atoms with Crippen LogP contribution >= 0.6 is 0 Å². The first-order chi connectivity index (χ1) is 9.71. The molecule has 1 aromatic carbocycles. The molecule has 1 spiro atoms. The summed E-state index contributed by atoms with van der Waals surface area (Å²) in [6.45, 7) is 0. The number of nitrogen functional groups attached to an aromatic ring is 1. The summed E-state index contributed by atoms with van der Waals surface area (Å²) in [6.07, 6.45) is 7.64. The van der Waals surface area contributed by atoms with Crippen LogP contribution in [0.2, 0.25) is 0 Å². The van der Waals surface area contributed by atoms with Crippen LogP contribution in [0.4, 0.5) is 5.69 Å². The summed E-state index contributed by atoms with van der Waals surface area (Å²) in [5.74, 6) is 0.847. The van der Waals surface area contributed by atoms with Gasteiger partial charge in [-0.15, -0.1) is 0 Å². The molecule has 0 saturated heterocycles. The van der Waals surface area contributed by atoms with Crippen LogP contribution in [0.15, 0.2) is 18.2 Å². The molecule has 0 radical (unpaired) electrons. The van der Waals surface area contributed by atoms with Crippen LogP contribution in [0, 0.1) is 5.41 Å². The van der Waals surface area contributed by atoms with Gasteiger partial charge in [0.25, 0.3) is 0 Å². The summed E-state index contributed by atoms with van der Waals surface area (Å²) in [7, 11) is 1.69. The standard InChI is InChI=1S/C17H20N2O/c1-20-11-4-5-14-12(8-11)16(18)13-9-17(6-2-3-7-17)10-15(13)19-14/h4-5,8H,2-3,6-7,9-10H2,1H3,(H2,18,19). The topological polar surface area (TPSA) is 48.1 Å². The van der Waals surface area contributed by atoms with Crippen molar-refractivity contribution < 1.29 is 4.74 Å². The summed E-state index contributed by atoms with van der Waals surface area (Å²) in [4.78, 5) is 4.88. The van der Waals surface area contributed by atoms with E-state index in [0.29, 0.717) is 5.41 Å². The highest BCUT2D eigenvalue weighted by molar-refractivity contribution is 5.93. The molecular weight excluding hydrogens is 248 g/mol. The Morgan fingerprint density at radius 1 is 1.20 bits per heavy atom. The van der Waals surface area contributed by atoms with E-state index in [4.69, 9.17) is 15.5 Å². The molecule has 3 nitrogen and oxygen atoms in total. The van der Waals surface area contributed by atoms with E-state index < -0.39 is 0 Å². The van der Waals surface area contributed by atoms with Crippen LogP contribution < -0.4 is 10.5 Å². The Morgan fingerprint density at radius 3 is 2.75 bits per heavy atom. The van der Waals surface area contributed by atoms with Crippen molar-refractivity contribution in [1.82, 2.24) is 4.98 Å². The van der Waals surface area contributed by atoms with Gasteiger partial charge in [-0.25, -0.2) is 0 Å². The fraction of sp³-hybridized carbons (Fsp3) is 0.471. The van der Waals surface area contributed by atoms with Crippen molar-refractivity contribution in [3.8, 4) is 5.75 Å². The Balaban J connectivity index is 1.87. The molecule has 2 aromatic rings. The lowest BCUT2D eigenvalue weighted by Gasteiger charge is -2.21. The van der Waals surface area contributed by atoms with Crippen molar-refractivity contribution in [1.29, 1.82) is 0 Å². The van der Waals surface area contributed by atoms with Gasteiger partial charge in [0.2, 0.25) is 0 Å². The molecule has 2 N–H and O–H groups in total. The van der Waals surface area contributed by atoms with Gasteiger partial charge in [-0.2, -0.15) is 0 Å². The van der Waals surface area contributed by atoms with Gasteiger partial charge in [-0.05, 0) is 54.9 Å². The molecule has 2 aliphatic carbocycles. The Labute approximate surface area is 119 Å². The lowest BCUT2D eigenvalue weighted by Crippen LogP contribution is -2.16. The molecular formula is C17H20N2O. The van der Waals surface area contributed by atoms with E-state index in [1.807, 2.05) is 18.2 Å². The smallest absolute Gasteiger partial charge is 0.119 e. The van der Waals surface area contributed by atoms with Crippen molar-refractivity contribution in [3.05, 3.63) is 29.5 Å². The normalized spacial score (nSPS) is 19.6. The monoisotopic (exact) mass is 268 g/mol. The average molecular weight is 268 g/mol. The molecule has 0 aliphatic heterocycles. The van der Waals surface area contributed by atoms with E-state index in [1.54, 1.807) is 7.11 Å². The average Bonchev–Trinajstić information content (AvgIpc) is 3.06. The fourth-order valence-corrected chi connectivity index (χ4v) is 4.10. The first-order valence-electron chi connectivity index (χ1n) is 7.46. The van der Waals surface area contributed by atoms with Crippen molar-refractivity contribution >= 4 is 16.6 Å². The first kappa shape index (κ1) is 12.0. The predicted molar refractivity (Wildman–Crippen MR) is 81.0 cm³/mol. The molecule has 0 amide bonds. The zero-order valence-electron chi connectivity index (χ0n) is 11.9. The fourth-order valence-electron chi connectivity index (χ4n) is 4.10. The summed E-state index contributed by atoms with van der Waals surface area (Å²) >= 11 is 0. The minimum absolute atomic E-state index is 0.463. The molecule has 0 bridgehead atoms. The molecule has 1 saturated carbocycles. The molecule has 3 heteroatoms. The molecule has 1 aromatic heterocycles. The third-order valence-electron chi connectivity index (χ3n) is 5.18. The van der Waals surface area contributed by atoms with Gasteiger partial charge in [0, 0.05) is 16.8 Å². The van der Waals surface area contributed by atoms with Gasteiger partial charge < -0.3 is 10.5 Å². The Bertz CT molecular complexity index is 687. The van der Waals surface area contributed by atoms with Gasteiger partial charge in [-0.3, -0.25) is 4.98 Å². The second-order valence-electron chi connectivity index (χ2n) is 6.39. The number of anilines is 1. The Hall–Kier alpha value is -1.77. The van der Waals surface area contributed by atoms with Crippen LogP contribution in [0.5, 0.6) is 5.75 Å². The highest BCUT2D eigenvalue weighted by Gasteiger charge is 2.41. The van der Waals surface area contributed by atoms with Crippen molar-refractivity contribution in [2.75, 3.05) is 12.8 Å². The molecule has 104 valence electrons. The highest BCUT2D eigenvalue weighted by Crippen LogP contribution is 2.50. The third kappa shape index (κ3) is 1.62. The lowest BCUT2D eigenvalue weighted by molar-refractivity contribution is 0.316. The number of ether oxygens (including phenoxy) is 1. The van der Waals surface area contributed by atoms with E-state index in [0.717, 1.165) is 35.2 Å². The summed E-state index contributed by atoms with van der Waals surface area (Å²) in [5.41, 5.74) is 11.4. The van der Waals surface area contributed by atoms with Crippen LogP contribution in [0.3, 0.4) is 0 Å². The maximum absolute atomic E-state index is 6.45. The van der Waals surface area contributed by atoms with E-state index in [-0.39, 0.29) is 0 Å². The number of benzene rings is 1. The van der Waals surface area contributed by atoms with Crippen LogP contribution in [0.25, 0.3) is 10.9 Å². The predicted octanol–water partition coefficient (Wildman–Crippen LogP) is 3.48. The van der Waals surface area contributed by atoms with E-state index in [2.05, 4.69) is 0 Å². The Morgan fingerprint density at radius 2 is 2.00 bits per heavy atom. The quantitative estimate of drug-likeness (QED) is 0.861. The SMILES string of the molecule is COc1ccc2nc3c(c(N)c2c1)CC1(CCCC1)C3. The number of aromatic nitrogens is 1. The lowest BCUT2D eigenvalue weighted by atomic mass is 9.83. The minimum Gasteiger partial charge on any atom is -0.497 e. The number of pyridine rings is 1. The highest BCUT2D eigenvalue weighted by atomic mass is 16.5. The molecule has 1 heterocycles. The van der Waals surface area contributed by atoms with Gasteiger partial charge in [0.05, 0.1) is 12.6 Å². The van der Waals surface area contributed by atoms with E-state index >= 15 is 0 Å². The van der Waals surface area contributed by atoms with Gasteiger partial charge in [-0.1, -0.05) is 12.8 Å². The molecule has 4 rings (SSSR count). The number of hydrogen-bond acceptors (Lipinski definition) is 3. The minimum atomic E-state index is 0.463. The second-order valence-corrected chi connectivity index (χ2v) is 6.39. The molecule has 1 fully saturated rings. The maximum atomic E-state index is 6.45. The maximum Gasteiger partial charge on any atom is 0.119 e. The van der Waals surface area contributed by atoms with Gasteiger partial charge in [0.1, 0.15) is 5.75 Å². The van der Waals surface area contributed by atoms with Crippen LogP contribution in [0.1, 0.15) is 36.9 Å². The van der Waals surface area contributed by atoms with Crippen LogP contribution in [-0.2, 0) is 12.8 Å². The van der Waals surface area contributed by atoms with E-state index in [1.165, 1.54) is 36.9 Å². The molecule has 0 atom stereocenters. The van der Waals surface area contributed by atoms with Crippen LogP contribution in [-0.4, -0.2) is 12.1 Å². The van der Waals surface area contributed by atoms with Gasteiger partial charge in [0.15, 0.2) is 0 Å². The largest absolute Gasteiger partial charge is 0.497 e. The number of hydrogen-bond donors (Lipinski definition) is 1. The third-order valence-corrected chi connectivity index (χ3v) is 5.18. The number of fused-ring (bicyclic) bond motifs is 2. The van der Waals surface area contributed by atoms with Gasteiger partial charge >= 0.3 is 0 Å². The van der Waals surface area contributed by atoms with Crippen molar-refractivity contribution in [3.63, 3.8) is 0 Å². The molecule has 20 heavy (non-hydrogen) atoms. The number of rotatable bonds is 1.